The second-order valence-electron chi connectivity index (χ2n) is 7.53. The molecule has 0 aliphatic rings. The van der Waals surface area contributed by atoms with Gasteiger partial charge in [0.05, 0.1) is 25.7 Å². The number of carbonyl (C=O) groups excluding carboxylic acids is 1. The molecule has 0 fully saturated rings. The first-order chi connectivity index (χ1) is 11.8. The molecule has 0 unspecified atom stereocenters. The Morgan fingerprint density at radius 3 is 2.80 bits per heavy atom. The minimum absolute atomic E-state index is 0.0596. The Labute approximate surface area is 150 Å². The van der Waals surface area contributed by atoms with Gasteiger partial charge in [-0.1, -0.05) is 26.0 Å². The Hall–Kier alpha value is -2.30. The summed E-state index contributed by atoms with van der Waals surface area (Å²) in [5.41, 5.74) is 2.07. The van der Waals surface area contributed by atoms with Gasteiger partial charge >= 0.3 is 0 Å². The standard InChI is InChI=1S/C20H29N3O2/c1-15(2)23-14-21-12-17(23)13-22-19(24)11-20(3,4)10-16-7-6-8-18(9-16)25-5/h6-9,12,14-15H,10-11,13H2,1-5H3,(H,22,24). The molecule has 0 atom stereocenters. The van der Waals surface area contributed by atoms with Crippen LogP contribution in [0.3, 0.4) is 0 Å². The number of hydrogen-bond acceptors (Lipinski definition) is 3. The number of methoxy groups -OCH3 is 1. The lowest BCUT2D eigenvalue weighted by Gasteiger charge is -2.24. The summed E-state index contributed by atoms with van der Waals surface area (Å²) in [6.07, 6.45) is 4.90. The van der Waals surface area contributed by atoms with Gasteiger partial charge in [-0.15, -0.1) is 0 Å². The summed E-state index contributed by atoms with van der Waals surface area (Å²) in [4.78, 5) is 16.6. The summed E-state index contributed by atoms with van der Waals surface area (Å²) in [5, 5.41) is 3.02. The van der Waals surface area contributed by atoms with Crippen molar-refractivity contribution in [1.29, 1.82) is 0 Å². The topological polar surface area (TPSA) is 56.1 Å². The van der Waals surface area contributed by atoms with Crippen molar-refractivity contribution in [2.45, 2.75) is 53.1 Å². The van der Waals surface area contributed by atoms with Crippen LogP contribution in [-0.2, 0) is 17.8 Å². The number of aromatic nitrogens is 2. The second-order valence-corrected chi connectivity index (χ2v) is 7.53. The summed E-state index contributed by atoms with van der Waals surface area (Å²) in [6, 6.07) is 8.35. The maximum Gasteiger partial charge on any atom is 0.220 e. The molecule has 1 aromatic carbocycles. The lowest BCUT2D eigenvalue weighted by Crippen LogP contribution is -2.30. The summed E-state index contributed by atoms with van der Waals surface area (Å²) in [7, 11) is 1.67. The predicted molar refractivity (Wildman–Crippen MR) is 99.6 cm³/mol. The highest BCUT2D eigenvalue weighted by Crippen LogP contribution is 2.27. The van der Waals surface area contributed by atoms with Gasteiger partial charge in [-0.3, -0.25) is 4.79 Å². The van der Waals surface area contributed by atoms with E-state index in [2.05, 4.69) is 48.6 Å². The van der Waals surface area contributed by atoms with Crippen LogP contribution in [0.1, 0.15) is 51.4 Å². The molecule has 136 valence electrons. The number of benzene rings is 1. The highest BCUT2D eigenvalue weighted by atomic mass is 16.5. The smallest absolute Gasteiger partial charge is 0.220 e. The van der Waals surface area contributed by atoms with Crippen molar-refractivity contribution in [3.8, 4) is 5.75 Å². The number of carbonyl (C=O) groups is 1. The van der Waals surface area contributed by atoms with Crippen LogP contribution in [0.5, 0.6) is 5.75 Å². The zero-order valence-electron chi connectivity index (χ0n) is 15.9. The molecule has 1 aromatic heterocycles. The average Bonchev–Trinajstić information content (AvgIpc) is 3.01. The number of ether oxygens (including phenoxy) is 1. The van der Waals surface area contributed by atoms with Crippen LogP contribution in [0.4, 0.5) is 0 Å². The van der Waals surface area contributed by atoms with E-state index in [4.69, 9.17) is 4.74 Å². The van der Waals surface area contributed by atoms with E-state index < -0.39 is 0 Å². The molecule has 1 amide bonds. The van der Waals surface area contributed by atoms with Gasteiger partial charge < -0.3 is 14.6 Å². The van der Waals surface area contributed by atoms with Gasteiger partial charge in [0.15, 0.2) is 0 Å². The van der Waals surface area contributed by atoms with Crippen molar-refractivity contribution >= 4 is 5.91 Å². The zero-order valence-corrected chi connectivity index (χ0v) is 15.9. The summed E-state index contributed by atoms with van der Waals surface area (Å²) in [6.45, 7) is 8.94. The van der Waals surface area contributed by atoms with Crippen LogP contribution in [0.15, 0.2) is 36.8 Å². The molecule has 0 saturated heterocycles. The van der Waals surface area contributed by atoms with Gasteiger partial charge in [0.1, 0.15) is 5.75 Å². The maximum atomic E-state index is 12.4. The van der Waals surface area contributed by atoms with E-state index in [-0.39, 0.29) is 11.3 Å². The van der Waals surface area contributed by atoms with Gasteiger partial charge in [-0.05, 0) is 43.4 Å². The number of imidazole rings is 1. The SMILES string of the molecule is COc1cccc(CC(C)(C)CC(=O)NCc2cncn2C(C)C)c1. The number of rotatable bonds is 8. The fourth-order valence-corrected chi connectivity index (χ4v) is 3.02. The number of amides is 1. The predicted octanol–water partition coefficient (Wildman–Crippen LogP) is 3.75. The molecule has 25 heavy (non-hydrogen) atoms. The van der Waals surface area contributed by atoms with Gasteiger partial charge in [0.2, 0.25) is 5.91 Å². The highest BCUT2D eigenvalue weighted by molar-refractivity contribution is 5.76. The fraction of sp³-hybridized carbons (Fsp3) is 0.500. The summed E-state index contributed by atoms with van der Waals surface area (Å²) < 4.78 is 7.34. The van der Waals surface area contributed by atoms with Gasteiger partial charge in [-0.25, -0.2) is 4.98 Å². The first-order valence-electron chi connectivity index (χ1n) is 8.71. The third-order valence-corrected chi connectivity index (χ3v) is 4.23. The minimum Gasteiger partial charge on any atom is -0.497 e. The van der Waals surface area contributed by atoms with Crippen molar-refractivity contribution in [3.05, 3.63) is 48.0 Å². The van der Waals surface area contributed by atoms with Crippen molar-refractivity contribution in [3.63, 3.8) is 0 Å². The molecular weight excluding hydrogens is 314 g/mol. The molecular formula is C20H29N3O2. The second kappa shape index (κ2) is 8.19. The van der Waals surface area contributed by atoms with Gasteiger partial charge in [-0.2, -0.15) is 0 Å². The van der Waals surface area contributed by atoms with E-state index in [9.17, 15) is 4.79 Å². The van der Waals surface area contributed by atoms with Crippen molar-refractivity contribution in [2.24, 2.45) is 5.41 Å². The van der Waals surface area contributed by atoms with Crippen LogP contribution < -0.4 is 10.1 Å². The first-order valence-corrected chi connectivity index (χ1v) is 8.71. The molecule has 0 aliphatic heterocycles. The molecule has 2 rings (SSSR count). The van der Waals surface area contributed by atoms with E-state index in [0.717, 1.165) is 17.9 Å². The summed E-state index contributed by atoms with van der Waals surface area (Å²) >= 11 is 0. The fourth-order valence-electron chi connectivity index (χ4n) is 3.02. The largest absolute Gasteiger partial charge is 0.497 e. The molecule has 5 nitrogen and oxygen atoms in total. The summed E-state index contributed by atoms with van der Waals surface area (Å²) in [5.74, 6) is 0.907. The zero-order chi connectivity index (χ0) is 18.4. The van der Waals surface area contributed by atoms with Crippen molar-refractivity contribution < 1.29 is 9.53 Å². The Morgan fingerprint density at radius 2 is 2.12 bits per heavy atom. The Bertz CT molecular complexity index is 704. The molecule has 1 heterocycles. The quantitative estimate of drug-likeness (QED) is 0.794. The normalized spacial score (nSPS) is 11.6. The van der Waals surface area contributed by atoms with E-state index >= 15 is 0 Å². The third-order valence-electron chi connectivity index (χ3n) is 4.23. The lowest BCUT2D eigenvalue weighted by molar-refractivity contribution is -0.123. The van der Waals surface area contributed by atoms with Crippen LogP contribution >= 0.6 is 0 Å². The van der Waals surface area contributed by atoms with Crippen LogP contribution in [-0.4, -0.2) is 22.6 Å². The van der Waals surface area contributed by atoms with E-state index in [1.165, 1.54) is 5.56 Å². The van der Waals surface area contributed by atoms with Crippen molar-refractivity contribution in [1.82, 2.24) is 14.9 Å². The number of nitrogens with zero attached hydrogens (tertiary/aromatic N) is 2. The number of hydrogen-bond donors (Lipinski definition) is 1. The monoisotopic (exact) mass is 343 g/mol. The van der Waals surface area contributed by atoms with E-state index in [1.54, 1.807) is 13.4 Å². The lowest BCUT2D eigenvalue weighted by atomic mass is 9.82. The van der Waals surface area contributed by atoms with Gasteiger partial charge in [0.25, 0.3) is 0 Å². The highest BCUT2D eigenvalue weighted by Gasteiger charge is 2.23. The Morgan fingerprint density at radius 1 is 1.36 bits per heavy atom. The van der Waals surface area contributed by atoms with Crippen LogP contribution in [0.25, 0.3) is 0 Å². The Balaban J connectivity index is 1.90. The third kappa shape index (κ3) is 5.62. The first kappa shape index (κ1) is 19.0. The Kier molecular flexibility index (Phi) is 6.23. The van der Waals surface area contributed by atoms with Gasteiger partial charge in [0, 0.05) is 18.7 Å². The molecule has 0 radical (unpaired) electrons. The molecule has 0 saturated carbocycles. The molecule has 5 heteroatoms. The van der Waals surface area contributed by atoms with Crippen molar-refractivity contribution in [2.75, 3.05) is 7.11 Å². The van der Waals surface area contributed by atoms with Crippen LogP contribution in [0.2, 0.25) is 0 Å². The maximum absolute atomic E-state index is 12.4. The molecule has 2 aromatic rings. The average molecular weight is 343 g/mol. The molecule has 1 N–H and O–H groups in total. The van der Waals surface area contributed by atoms with Crippen LogP contribution in [0, 0.1) is 5.41 Å². The number of nitrogens with one attached hydrogen (secondary N) is 1. The van der Waals surface area contributed by atoms with E-state index in [0.29, 0.717) is 19.0 Å². The van der Waals surface area contributed by atoms with E-state index in [1.807, 2.05) is 24.4 Å². The molecule has 0 bridgehead atoms. The molecule has 0 spiro atoms. The molecule has 0 aliphatic carbocycles. The minimum atomic E-state index is -0.130.